The van der Waals surface area contributed by atoms with Crippen LogP contribution in [0.1, 0.15) is 41.5 Å². The molecule has 0 radical (unpaired) electrons. The molecule has 0 bridgehead atoms. The molecule has 3 heterocycles. The molecule has 31 heavy (non-hydrogen) atoms. The predicted octanol–water partition coefficient (Wildman–Crippen LogP) is 2.80. The number of imidazole rings is 1. The summed E-state index contributed by atoms with van der Waals surface area (Å²) in [7, 11) is 0. The maximum absolute atomic E-state index is 13.5. The van der Waals surface area contributed by atoms with Crippen LogP contribution < -0.4 is 10.6 Å². The van der Waals surface area contributed by atoms with Crippen LogP contribution in [0.3, 0.4) is 0 Å². The van der Waals surface area contributed by atoms with E-state index in [1.54, 1.807) is 6.20 Å². The third kappa shape index (κ3) is 2.55. The van der Waals surface area contributed by atoms with Crippen molar-refractivity contribution in [2.75, 3.05) is 6.54 Å². The SMILES string of the molecule is O=C1NC2C3C=CCC=C3C3(CCCN3C(=O)NCc3ccccc3)C2n2ccnc21. The van der Waals surface area contributed by atoms with Crippen molar-refractivity contribution in [3.8, 4) is 0 Å². The molecule has 7 nitrogen and oxygen atoms in total. The molecule has 4 unspecified atom stereocenters. The average Bonchev–Trinajstić information content (AvgIpc) is 3.52. The number of amides is 3. The summed E-state index contributed by atoms with van der Waals surface area (Å²) in [5, 5.41) is 6.35. The monoisotopic (exact) mass is 415 g/mol. The number of rotatable bonds is 2. The number of nitrogens with one attached hydrogen (secondary N) is 2. The summed E-state index contributed by atoms with van der Waals surface area (Å²) < 4.78 is 2.01. The van der Waals surface area contributed by atoms with Crippen LogP contribution in [0.2, 0.25) is 0 Å². The zero-order chi connectivity index (χ0) is 21.0. The summed E-state index contributed by atoms with van der Waals surface area (Å²) in [6.07, 6.45) is 12.9. The molecule has 2 aliphatic heterocycles. The third-order valence-electron chi connectivity index (χ3n) is 7.31. The molecular weight excluding hydrogens is 390 g/mol. The Morgan fingerprint density at radius 1 is 1.29 bits per heavy atom. The van der Waals surface area contributed by atoms with Crippen molar-refractivity contribution >= 4 is 11.9 Å². The van der Waals surface area contributed by atoms with Gasteiger partial charge in [-0.1, -0.05) is 48.6 Å². The molecule has 1 spiro atoms. The van der Waals surface area contributed by atoms with Gasteiger partial charge in [0.25, 0.3) is 5.91 Å². The molecule has 6 rings (SSSR count). The Labute approximate surface area is 180 Å². The first-order valence-corrected chi connectivity index (χ1v) is 11.0. The molecular formula is C24H25N5O2. The van der Waals surface area contributed by atoms with Gasteiger partial charge in [0.2, 0.25) is 0 Å². The number of allylic oxidation sites excluding steroid dienone is 2. The van der Waals surface area contributed by atoms with Gasteiger partial charge in [-0.15, -0.1) is 0 Å². The molecule has 7 heteroatoms. The van der Waals surface area contributed by atoms with E-state index in [9.17, 15) is 9.59 Å². The van der Waals surface area contributed by atoms with Gasteiger partial charge in [0, 0.05) is 31.4 Å². The highest BCUT2D eigenvalue weighted by Crippen LogP contribution is 2.57. The third-order valence-corrected chi connectivity index (χ3v) is 7.31. The van der Waals surface area contributed by atoms with Crippen LogP contribution in [0, 0.1) is 5.92 Å². The topological polar surface area (TPSA) is 79.3 Å². The number of urea groups is 1. The summed E-state index contributed by atoms with van der Waals surface area (Å²) in [5.41, 5.74) is 1.89. The standard InChI is InChI=1S/C24H25N5O2/c30-22-21-25-12-14-28(21)20-19(27-22)17-9-4-5-10-18(17)24(20)11-6-13-29(24)23(31)26-15-16-7-2-1-3-8-16/h1-4,7-10,12,14,17,19-20H,5-6,11,13,15H2,(H,26,31)(H,27,30). The molecule has 2 aliphatic carbocycles. The quantitative estimate of drug-likeness (QED) is 0.741. The number of fused-ring (bicyclic) bond motifs is 7. The number of carbonyl (C=O) groups is 2. The number of hydrogen-bond donors (Lipinski definition) is 2. The van der Waals surface area contributed by atoms with Crippen LogP contribution in [0.25, 0.3) is 0 Å². The van der Waals surface area contributed by atoms with Gasteiger partial charge in [0.15, 0.2) is 5.82 Å². The van der Waals surface area contributed by atoms with Gasteiger partial charge >= 0.3 is 6.03 Å². The molecule has 4 aliphatic rings. The zero-order valence-electron chi connectivity index (χ0n) is 17.2. The first-order chi connectivity index (χ1) is 15.2. The van der Waals surface area contributed by atoms with Crippen LogP contribution in [0.5, 0.6) is 0 Å². The molecule has 2 aromatic rings. The van der Waals surface area contributed by atoms with E-state index in [4.69, 9.17) is 0 Å². The number of hydrogen-bond acceptors (Lipinski definition) is 3. The Morgan fingerprint density at radius 3 is 3.03 bits per heavy atom. The van der Waals surface area contributed by atoms with E-state index >= 15 is 0 Å². The van der Waals surface area contributed by atoms with Crippen LogP contribution >= 0.6 is 0 Å². The van der Waals surface area contributed by atoms with Crippen LogP contribution in [0.15, 0.2) is 66.5 Å². The van der Waals surface area contributed by atoms with Gasteiger partial charge in [0.1, 0.15) is 0 Å². The van der Waals surface area contributed by atoms with E-state index in [0.29, 0.717) is 18.9 Å². The number of nitrogens with zero attached hydrogens (tertiary/aromatic N) is 3. The smallest absolute Gasteiger partial charge is 0.318 e. The Hall–Kier alpha value is -3.35. The zero-order valence-corrected chi connectivity index (χ0v) is 17.2. The van der Waals surface area contributed by atoms with Crippen LogP contribution in [-0.4, -0.2) is 44.5 Å². The summed E-state index contributed by atoms with van der Waals surface area (Å²) >= 11 is 0. The van der Waals surface area contributed by atoms with Crippen molar-refractivity contribution in [3.05, 3.63) is 77.9 Å². The van der Waals surface area contributed by atoms with Crippen molar-refractivity contribution in [3.63, 3.8) is 0 Å². The second-order valence-electron chi connectivity index (χ2n) is 8.78. The van der Waals surface area contributed by atoms with E-state index in [-0.39, 0.29) is 29.9 Å². The first-order valence-electron chi connectivity index (χ1n) is 11.0. The van der Waals surface area contributed by atoms with Gasteiger partial charge in [0.05, 0.1) is 17.6 Å². The van der Waals surface area contributed by atoms with Gasteiger partial charge < -0.3 is 20.1 Å². The minimum atomic E-state index is -0.454. The minimum Gasteiger partial charge on any atom is -0.344 e. The minimum absolute atomic E-state index is 0.0465. The van der Waals surface area contributed by atoms with Gasteiger partial charge in [-0.3, -0.25) is 4.79 Å². The molecule has 1 aromatic carbocycles. The highest BCUT2D eigenvalue weighted by Gasteiger charge is 2.64. The second-order valence-corrected chi connectivity index (χ2v) is 8.78. The molecule has 2 N–H and O–H groups in total. The lowest BCUT2D eigenvalue weighted by atomic mass is 9.82. The van der Waals surface area contributed by atoms with E-state index in [1.807, 2.05) is 46.0 Å². The summed E-state index contributed by atoms with van der Waals surface area (Å²) in [4.78, 5) is 32.5. The first kappa shape index (κ1) is 18.4. The average molecular weight is 415 g/mol. The Morgan fingerprint density at radius 2 is 2.16 bits per heavy atom. The van der Waals surface area contributed by atoms with E-state index in [1.165, 1.54) is 5.57 Å². The normalized spacial score (nSPS) is 30.5. The molecule has 1 saturated heterocycles. The number of benzene rings is 1. The fraction of sp³-hybridized carbons (Fsp3) is 0.375. The van der Waals surface area contributed by atoms with Crippen molar-refractivity contribution in [2.45, 2.75) is 43.4 Å². The highest BCUT2D eigenvalue weighted by atomic mass is 16.2. The lowest BCUT2D eigenvalue weighted by Crippen LogP contribution is -2.59. The summed E-state index contributed by atoms with van der Waals surface area (Å²) in [6.45, 7) is 1.20. The second kappa shape index (κ2) is 6.83. The Balaban J connectivity index is 1.40. The van der Waals surface area contributed by atoms with Crippen molar-refractivity contribution in [1.29, 1.82) is 0 Å². The van der Waals surface area contributed by atoms with Crippen LogP contribution in [0.4, 0.5) is 4.79 Å². The largest absolute Gasteiger partial charge is 0.344 e. The van der Waals surface area contributed by atoms with Gasteiger partial charge in [-0.05, 0) is 30.4 Å². The fourth-order valence-corrected chi connectivity index (χ4v) is 6.20. The van der Waals surface area contributed by atoms with Crippen molar-refractivity contribution in [2.24, 2.45) is 5.92 Å². The predicted molar refractivity (Wildman–Crippen MR) is 115 cm³/mol. The molecule has 158 valence electrons. The summed E-state index contributed by atoms with van der Waals surface area (Å²) in [6, 6.07) is 9.78. The van der Waals surface area contributed by atoms with E-state index < -0.39 is 5.54 Å². The molecule has 1 aromatic heterocycles. The molecule has 4 atom stereocenters. The Bertz CT molecular complexity index is 1100. The Kier molecular flexibility index (Phi) is 4.06. The number of carbonyl (C=O) groups excluding carboxylic acids is 2. The maximum atomic E-state index is 13.5. The molecule has 2 fully saturated rings. The lowest BCUT2D eigenvalue weighted by molar-refractivity contribution is 0.0805. The molecule has 3 amide bonds. The maximum Gasteiger partial charge on any atom is 0.318 e. The number of likely N-dealkylation sites (tertiary alicyclic amines) is 1. The van der Waals surface area contributed by atoms with E-state index in [2.05, 4.69) is 33.8 Å². The van der Waals surface area contributed by atoms with Crippen molar-refractivity contribution < 1.29 is 9.59 Å². The van der Waals surface area contributed by atoms with Gasteiger partial charge in [-0.25, -0.2) is 9.78 Å². The summed E-state index contributed by atoms with van der Waals surface area (Å²) in [5.74, 6) is 0.390. The highest BCUT2D eigenvalue weighted by molar-refractivity contribution is 5.92. The van der Waals surface area contributed by atoms with Crippen molar-refractivity contribution in [1.82, 2.24) is 25.1 Å². The van der Waals surface area contributed by atoms with E-state index in [0.717, 1.165) is 24.8 Å². The lowest BCUT2D eigenvalue weighted by Gasteiger charge is -2.44. The van der Waals surface area contributed by atoms with Gasteiger partial charge in [-0.2, -0.15) is 0 Å². The van der Waals surface area contributed by atoms with Crippen LogP contribution in [-0.2, 0) is 6.54 Å². The fourth-order valence-electron chi connectivity index (χ4n) is 6.20. The number of aromatic nitrogens is 2. The molecule has 1 saturated carbocycles.